The summed E-state index contributed by atoms with van der Waals surface area (Å²) in [7, 11) is -3.94. The predicted molar refractivity (Wildman–Crippen MR) is 155 cm³/mol. The molecule has 0 aliphatic rings. The van der Waals surface area contributed by atoms with Crippen molar-refractivity contribution in [3.8, 4) is 11.5 Å². The van der Waals surface area contributed by atoms with Crippen LogP contribution in [-0.4, -0.2) is 33.3 Å². The van der Waals surface area contributed by atoms with Crippen LogP contribution in [0.4, 0.5) is 11.4 Å². The van der Waals surface area contributed by atoms with Crippen LogP contribution < -0.4 is 19.5 Å². The molecule has 4 rings (SSSR count). The SMILES string of the molecule is CCOc1ccc(NS(=O)(=O)c2ccc(OCC(=O)Nc3ccc(Cl)cc3C(=O)c3ccccc3)c(Cl)c2)cc1. The highest BCUT2D eigenvalue weighted by Crippen LogP contribution is 2.29. The molecule has 4 aromatic carbocycles. The van der Waals surface area contributed by atoms with Gasteiger partial charge in [0.2, 0.25) is 0 Å². The van der Waals surface area contributed by atoms with E-state index in [-0.39, 0.29) is 32.7 Å². The van der Waals surface area contributed by atoms with Gasteiger partial charge in [-0.15, -0.1) is 0 Å². The summed E-state index contributed by atoms with van der Waals surface area (Å²) in [6, 6.07) is 23.5. The van der Waals surface area contributed by atoms with Gasteiger partial charge in [-0.05, 0) is 67.6 Å². The number of carbonyl (C=O) groups is 2. The normalized spacial score (nSPS) is 11.0. The third-order valence-corrected chi connectivity index (χ3v) is 7.44. The van der Waals surface area contributed by atoms with Gasteiger partial charge in [0.25, 0.3) is 15.9 Å². The van der Waals surface area contributed by atoms with Gasteiger partial charge in [-0.2, -0.15) is 0 Å². The molecule has 0 aliphatic heterocycles. The molecule has 0 heterocycles. The second-order valence-corrected chi connectivity index (χ2v) is 10.9. The van der Waals surface area contributed by atoms with Gasteiger partial charge < -0.3 is 14.8 Å². The average Bonchev–Trinajstić information content (AvgIpc) is 2.94. The molecule has 0 saturated heterocycles. The highest BCUT2D eigenvalue weighted by molar-refractivity contribution is 7.92. The number of ether oxygens (including phenoxy) is 2. The van der Waals surface area contributed by atoms with Crippen LogP contribution >= 0.6 is 23.2 Å². The second kappa shape index (κ2) is 12.9. The lowest BCUT2D eigenvalue weighted by Gasteiger charge is -2.13. The Balaban J connectivity index is 1.41. The first kappa shape index (κ1) is 28.9. The zero-order valence-electron chi connectivity index (χ0n) is 21.2. The maximum atomic E-state index is 13.0. The van der Waals surface area contributed by atoms with Gasteiger partial charge in [0, 0.05) is 21.8 Å². The summed E-state index contributed by atoms with van der Waals surface area (Å²) in [4.78, 5) is 25.5. The minimum absolute atomic E-state index is 0.00574. The molecular formula is C29H24Cl2N2O6S. The van der Waals surface area contributed by atoms with Crippen molar-refractivity contribution < 1.29 is 27.5 Å². The molecule has 0 atom stereocenters. The minimum atomic E-state index is -3.94. The van der Waals surface area contributed by atoms with E-state index in [4.69, 9.17) is 32.7 Å². The van der Waals surface area contributed by atoms with E-state index in [0.717, 1.165) is 0 Å². The van der Waals surface area contributed by atoms with Gasteiger partial charge in [-0.25, -0.2) is 8.42 Å². The van der Waals surface area contributed by atoms with Crippen molar-refractivity contribution >= 4 is 56.3 Å². The molecular weight excluding hydrogens is 575 g/mol. The number of amides is 1. The van der Waals surface area contributed by atoms with E-state index >= 15 is 0 Å². The molecule has 11 heteroatoms. The molecule has 8 nitrogen and oxygen atoms in total. The van der Waals surface area contributed by atoms with E-state index in [0.29, 0.717) is 28.6 Å². The Hall–Kier alpha value is -4.05. The Morgan fingerprint density at radius 1 is 0.850 bits per heavy atom. The first-order valence-electron chi connectivity index (χ1n) is 12.0. The fraction of sp³-hybridized carbons (Fsp3) is 0.103. The monoisotopic (exact) mass is 598 g/mol. The molecule has 0 unspecified atom stereocenters. The van der Waals surface area contributed by atoms with E-state index < -0.39 is 22.5 Å². The molecule has 0 aromatic heterocycles. The van der Waals surface area contributed by atoms with Crippen molar-refractivity contribution in [2.75, 3.05) is 23.3 Å². The summed E-state index contributed by atoms with van der Waals surface area (Å²) >= 11 is 12.4. The summed E-state index contributed by atoms with van der Waals surface area (Å²) < 4.78 is 39.0. The first-order valence-corrected chi connectivity index (χ1v) is 14.3. The average molecular weight is 599 g/mol. The third kappa shape index (κ3) is 7.32. The van der Waals surface area contributed by atoms with E-state index in [1.807, 2.05) is 6.92 Å². The van der Waals surface area contributed by atoms with Gasteiger partial charge in [0.15, 0.2) is 12.4 Å². The molecule has 1 amide bonds. The summed E-state index contributed by atoms with van der Waals surface area (Å²) in [6.45, 7) is 1.90. The molecule has 0 spiro atoms. The molecule has 0 aliphatic carbocycles. The lowest BCUT2D eigenvalue weighted by atomic mass is 10.0. The van der Waals surface area contributed by atoms with Crippen molar-refractivity contribution in [2.45, 2.75) is 11.8 Å². The number of nitrogens with one attached hydrogen (secondary N) is 2. The van der Waals surface area contributed by atoms with Crippen LogP contribution in [0.3, 0.4) is 0 Å². The summed E-state index contributed by atoms with van der Waals surface area (Å²) in [5.74, 6) is -0.144. The van der Waals surface area contributed by atoms with Crippen molar-refractivity contribution in [2.24, 2.45) is 0 Å². The lowest BCUT2D eigenvalue weighted by molar-refractivity contribution is -0.118. The van der Waals surface area contributed by atoms with Crippen LogP contribution in [0.15, 0.2) is 95.9 Å². The minimum Gasteiger partial charge on any atom is -0.494 e. The molecule has 0 radical (unpaired) electrons. The van der Waals surface area contributed by atoms with E-state index in [2.05, 4.69) is 10.0 Å². The zero-order valence-corrected chi connectivity index (χ0v) is 23.5. The van der Waals surface area contributed by atoms with Crippen molar-refractivity contribution in [1.82, 2.24) is 0 Å². The van der Waals surface area contributed by atoms with E-state index in [1.54, 1.807) is 60.7 Å². The maximum absolute atomic E-state index is 13.0. The van der Waals surface area contributed by atoms with Gasteiger partial charge in [0.1, 0.15) is 11.5 Å². The van der Waals surface area contributed by atoms with Gasteiger partial charge >= 0.3 is 0 Å². The number of carbonyl (C=O) groups excluding carboxylic acids is 2. The highest BCUT2D eigenvalue weighted by Gasteiger charge is 2.19. The maximum Gasteiger partial charge on any atom is 0.262 e. The quantitative estimate of drug-likeness (QED) is 0.192. The van der Waals surface area contributed by atoms with E-state index in [1.165, 1.54) is 30.3 Å². The molecule has 206 valence electrons. The standard InChI is InChI=1S/C29H24Cl2N2O6S/c1-2-38-22-11-9-21(10-12-22)33-40(36,37)23-13-15-27(25(31)17-23)39-18-28(34)32-26-14-8-20(30)16-24(26)29(35)19-6-4-3-5-7-19/h3-17,33H,2,18H2,1H3,(H,32,34). The number of halogens is 2. The summed E-state index contributed by atoms with van der Waals surface area (Å²) in [5.41, 5.74) is 1.28. The Labute approximate surface area is 241 Å². The first-order chi connectivity index (χ1) is 19.2. The smallest absolute Gasteiger partial charge is 0.262 e. The van der Waals surface area contributed by atoms with Crippen LogP contribution in [0, 0.1) is 0 Å². The lowest BCUT2D eigenvalue weighted by Crippen LogP contribution is -2.22. The molecule has 0 bridgehead atoms. The Bertz CT molecular complexity index is 1630. The molecule has 2 N–H and O–H groups in total. The van der Waals surface area contributed by atoms with Crippen LogP contribution in [-0.2, 0) is 14.8 Å². The number of sulfonamides is 1. The van der Waals surface area contributed by atoms with Gasteiger partial charge in [-0.3, -0.25) is 14.3 Å². The summed E-state index contributed by atoms with van der Waals surface area (Å²) in [6.07, 6.45) is 0. The molecule has 0 fully saturated rings. The fourth-order valence-corrected chi connectivity index (χ4v) is 5.21. The number of rotatable bonds is 11. The highest BCUT2D eigenvalue weighted by atomic mass is 35.5. The number of benzene rings is 4. The number of anilines is 2. The molecule has 40 heavy (non-hydrogen) atoms. The van der Waals surface area contributed by atoms with Gasteiger partial charge in [-0.1, -0.05) is 53.5 Å². The van der Waals surface area contributed by atoms with Crippen LogP contribution in [0.2, 0.25) is 10.0 Å². The Kier molecular flexibility index (Phi) is 9.31. The fourth-order valence-electron chi connectivity index (χ4n) is 3.65. The second-order valence-electron chi connectivity index (χ2n) is 8.38. The number of hydrogen-bond acceptors (Lipinski definition) is 6. The van der Waals surface area contributed by atoms with E-state index in [9.17, 15) is 18.0 Å². The van der Waals surface area contributed by atoms with Crippen molar-refractivity contribution in [1.29, 1.82) is 0 Å². The van der Waals surface area contributed by atoms with Crippen molar-refractivity contribution in [3.63, 3.8) is 0 Å². The van der Waals surface area contributed by atoms with Crippen LogP contribution in [0.1, 0.15) is 22.8 Å². The Morgan fingerprint density at radius 3 is 2.25 bits per heavy atom. The van der Waals surface area contributed by atoms with Crippen molar-refractivity contribution in [3.05, 3.63) is 112 Å². The predicted octanol–water partition coefficient (Wildman–Crippen LogP) is 6.44. The topological polar surface area (TPSA) is 111 Å². The number of hydrogen-bond donors (Lipinski definition) is 2. The zero-order chi connectivity index (χ0) is 28.7. The largest absolute Gasteiger partial charge is 0.494 e. The number of ketones is 1. The summed E-state index contributed by atoms with van der Waals surface area (Å²) in [5, 5.41) is 2.99. The molecule has 4 aromatic rings. The third-order valence-electron chi connectivity index (χ3n) is 5.53. The Morgan fingerprint density at radius 2 is 1.57 bits per heavy atom. The van der Waals surface area contributed by atoms with Gasteiger partial charge in [0.05, 0.1) is 22.2 Å². The van der Waals surface area contributed by atoms with Crippen LogP contribution in [0.5, 0.6) is 11.5 Å². The van der Waals surface area contributed by atoms with Crippen LogP contribution in [0.25, 0.3) is 0 Å². The molecule has 0 saturated carbocycles.